The summed E-state index contributed by atoms with van der Waals surface area (Å²) >= 11 is 3.59. The summed E-state index contributed by atoms with van der Waals surface area (Å²) in [6.45, 7) is 0. The van der Waals surface area contributed by atoms with Crippen molar-refractivity contribution in [2.75, 3.05) is 17.8 Å². The maximum Gasteiger partial charge on any atom is 0.313 e. The Kier molecular flexibility index (Phi) is 4.48. The highest BCUT2D eigenvalue weighted by atomic mass is 79.9. The monoisotopic (exact) mass is 359 g/mol. The minimum Gasteiger partial charge on any atom is -0.469 e. The number of carbonyl (C=O) groups is 1. The molecule has 114 valence electrons. The van der Waals surface area contributed by atoms with Crippen LogP contribution >= 0.6 is 15.9 Å². The maximum absolute atomic E-state index is 12.4. The van der Waals surface area contributed by atoms with E-state index in [1.807, 2.05) is 42.5 Å². The first-order valence-electron chi connectivity index (χ1n) is 7.30. The second-order valence-electron chi connectivity index (χ2n) is 5.44. The molecule has 1 heterocycles. The third-order valence-electron chi connectivity index (χ3n) is 4.26. The van der Waals surface area contributed by atoms with E-state index in [4.69, 9.17) is 4.74 Å². The van der Waals surface area contributed by atoms with Crippen LogP contribution in [-0.2, 0) is 9.53 Å². The molecule has 0 fully saturated rings. The van der Waals surface area contributed by atoms with Gasteiger partial charge < -0.3 is 10.1 Å². The lowest BCUT2D eigenvalue weighted by Crippen LogP contribution is -2.37. The molecule has 0 spiro atoms. The first kappa shape index (κ1) is 15.1. The van der Waals surface area contributed by atoms with Crippen LogP contribution in [0.25, 0.3) is 0 Å². The second kappa shape index (κ2) is 6.53. The van der Waals surface area contributed by atoms with Gasteiger partial charge in [-0.25, -0.2) is 0 Å². The second-order valence-corrected chi connectivity index (χ2v) is 6.09. The molecule has 1 aliphatic rings. The molecule has 0 saturated carbocycles. The Morgan fingerprint density at radius 3 is 2.50 bits per heavy atom. The van der Waals surface area contributed by atoms with Gasteiger partial charge >= 0.3 is 5.97 Å². The van der Waals surface area contributed by atoms with Crippen LogP contribution in [-0.4, -0.2) is 18.4 Å². The fourth-order valence-corrected chi connectivity index (χ4v) is 3.94. The normalized spacial score (nSPS) is 23.3. The van der Waals surface area contributed by atoms with Crippen molar-refractivity contribution in [3.63, 3.8) is 0 Å². The number of nitrogens with one attached hydrogen (secondary N) is 1. The number of para-hydroxylation sites is 1. The zero-order valence-corrected chi connectivity index (χ0v) is 13.9. The number of fused-ring (bicyclic) bond motifs is 1. The van der Waals surface area contributed by atoms with E-state index in [0.29, 0.717) is 5.33 Å². The van der Waals surface area contributed by atoms with Crippen molar-refractivity contribution in [2.24, 2.45) is 5.92 Å². The number of esters is 1. The Balaban J connectivity index is 2.09. The molecule has 0 bridgehead atoms. The van der Waals surface area contributed by atoms with Crippen molar-refractivity contribution in [3.8, 4) is 0 Å². The number of hydrogen-bond donors (Lipinski definition) is 1. The SMILES string of the molecule is COC(=O)C1c2ccccc2NC(c2ccccc2)C1CBr. The lowest BCUT2D eigenvalue weighted by atomic mass is 9.76. The molecule has 0 aromatic heterocycles. The quantitative estimate of drug-likeness (QED) is 0.661. The summed E-state index contributed by atoms with van der Waals surface area (Å²) in [5, 5.41) is 4.30. The topological polar surface area (TPSA) is 38.3 Å². The summed E-state index contributed by atoms with van der Waals surface area (Å²) in [4.78, 5) is 12.4. The van der Waals surface area contributed by atoms with Gasteiger partial charge in [-0.3, -0.25) is 4.79 Å². The first-order chi connectivity index (χ1) is 10.8. The van der Waals surface area contributed by atoms with Crippen LogP contribution < -0.4 is 5.32 Å². The number of alkyl halides is 1. The van der Waals surface area contributed by atoms with Gasteiger partial charge in [-0.05, 0) is 17.2 Å². The number of anilines is 1. The van der Waals surface area contributed by atoms with Crippen molar-refractivity contribution in [1.82, 2.24) is 0 Å². The minimum absolute atomic E-state index is 0.0691. The molecule has 3 atom stereocenters. The van der Waals surface area contributed by atoms with Crippen molar-refractivity contribution in [3.05, 3.63) is 65.7 Å². The number of hydrogen-bond acceptors (Lipinski definition) is 3. The van der Waals surface area contributed by atoms with Crippen LogP contribution in [0.1, 0.15) is 23.1 Å². The van der Waals surface area contributed by atoms with Crippen molar-refractivity contribution in [1.29, 1.82) is 0 Å². The fraction of sp³-hybridized carbons (Fsp3) is 0.278. The Hall–Kier alpha value is -1.81. The smallest absolute Gasteiger partial charge is 0.313 e. The predicted molar refractivity (Wildman–Crippen MR) is 91.3 cm³/mol. The average Bonchev–Trinajstić information content (AvgIpc) is 2.60. The Morgan fingerprint density at radius 2 is 1.82 bits per heavy atom. The highest BCUT2D eigenvalue weighted by Crippen LogP contribution is 2.45. The highest BCUT2D eigenvalue weighted by molar-refractivity contribution is 9.09. The van der Waals surface area contributed by atoms with Gasteiger partial charge in [0.25, 0.3) is 0 Å². The number of methoxy groups -OCH3 is 1. The van der Waals surface area contributed by atoms with E-state index in [-0.39, 0.29) is 23.8 Å². The molecule has 4 heteroatoms. The zero-order valence-electron chi connectivity index (χ0n) is 12.3. The van der Waals surface area contributed by atoms with E-state index in [1.54, 1.807) is 0 Å². The standard InChI is InChI=1S/C18H18BrNO2/c1-22-18(21)16-13-9-5-6-10-15(13)20-17(14(16)11-19)12-7-3-2-4-8-12/h2-10,14,16-17,20H,11H2,1H3. The summed E-state index contributed by atoms with van der Waals surface area (Å²) in [5.74, 6) is -0.365. The molecule has 0 radical (unpaired) electrons. The number of halogens is 1. The van der Waals surface area contributed by atoms with Crippen LogP contribution in [0.15, 0.2) is 54.6 Å². The summed E-state index contributed by atoms with van der Waals surface area (Å²) in [6.07, 6.45) is 0. The molecular formula is C18H18BrNO2. The predicted octanol–water partition coefficient (Wildman–Crippen LogP) is 4.12. The Bertz CT molecular complexity index is 659. The van der Waals surface area contributed by atoms with Gasteiger partial charge in [-0.1, -0.05) is 64.5 Å². The van der Waals surface area contributed by atoms with Crippen molar-refractivity contribution >= 4 is 27.6 Å². The van der Waals surface area contributed by atoms with E-state index in [1.165, 1.54) is 12.7 Å². The van der Waals surface area contributed by atoms with Crippen LogP contribution in [0.2, 0.25) is 0 Å². The first-order valence-corrected chi connectivity index (χ1v) is 8.42. The molecule has 1 N–H and O–H groups in total. The van der Waals surface area contributed by atoms with Gasteiger partial charge in [-0.2, -0.15) is 0 Å². The largest absolute Gasteiger partial charge is 0.469 e. The third-order valence-corrected chi connectivity index (χ3v) is 5.00. The molecule has 0 amide bonds. The van der Waals surface area contributed by atoms with Gasteiger partial charge in [0.15, 0.2) is 0 Å². The third kappa shape index (κ3) is 2.63. The van der Waals surface area contributed by atoms with E-state index in [9.17, 15) is 4.79 Å². The summed E-state index contributed by atoms with van der Waals surface area (Å²) in [7, 11) is 1.45. The molecule has 2 aromatic carbocycles. The van der Waals surface area contributed by atoms with Crippen LogP contribution in [0.5, 0.6) is 0 Å². The molecule has 0 aliphatic carbocycles. The molecule has 2 aromatic rings. The lowest BCUT2D eigenvalue weighted by Gasteiger charge is -2.39. The summed E-state index contributed by atoms with van der Waals surface area (Å²) in [5.41, 5.74) is 3.19. The average molecular weight is 360 g/mol. The van der Waals surface area contributed by atoms with Crippen LogP contribution in [0.3, 0.4) is 0 Å². The van der Waals surface area contributed by atoms with E-state index in [0.717, 1.165) is 11.3 Å². The molecule has 3 nitrogen and oxygen atoms in total. The zero-order chi connectivity index (χ0) is 15.5. The number of benzene rings is 2. The fourth-order valence-electron chi connectivity index (χ4n) is 3.20. The van der Waals surface area contributed by atoms with Gasteiger partial charge in [-0.15, -0.1) is 0 Å². The number of ether oxygens (including phenoxy) is 1. The van der Waals surface area contributed by atoms with Crippen molar-refractivity contribution < 1.29 is 9.53 Å². The van der Waals surface area contributed by atoms with E-state index < -0.39 is 0 Å². The molecule has 3 unspecified atom stereocenters. The molecule has 3 rings (SSSR count). The van der Waals surface area contributed by atoms with Gasteiger partial charge in [0.2, 0.25) is 0 Å². The van der Waals surface area contributed by atoms with Crippen LogP contribution in [0, 0.1) is 5.92 Å². The molecular weight excluding hydrogens is 342 g/mol. The maximum atomic E-state index is 12.4. The van der Waals surface area contributed by atoms with Gasteiger partial charge in [0.05, 0.1) is 19.1 Å². The van der Waals surface area contributed by atoms with E-state index >= 15 is 0 Å². The highest BCUT2D eigenvalue weighted by Gasteiger charge is 2.41. The minimum atomic E-state index is -0.271. The van der Waals surface area contributed by atoms with Crippen LogP contribution in [0.4, 0.5) is 5.69 Å². The Morgan fingerprint density at radius 1 is 1.14 bits per heavy atom. The van der Waals surface area contributed by atoms with Gasteiger partial charge in [0, 0.05) is 16.9 Å². The van der Waals surface area contributed by atoms with E-state index in [2.05, 4.69) is 33.4 Å². The molecule has 1 aliphatic heterocycles. The van der Waals surface area contributed by atoms with Gasteiger partial charge in [0.1, 0.15) is 0 Å². The Labute approximate surface area is 138 Å². The lowest BCUT2D eigenvalue weighted by molar-refractivity contribution is -0.144. The number of rotatable bonds is 3. The molecule has 22 heavy (non-hydrogen) atoms. The number of carbonyl (C=O) groups excluding carboxylic acids is 1. The van der Waals surface area contributed by atoms with Crippen molar-refractivity contribution in [2.45, 2.75) is 12.0 Å². The molecule has 0 saturated heterocycles. The summed E-state index contributed by atoms with van der Waals surface area (Å²) < 4.78 is 5.08. The summed E-state index contributed by atoms with van der Waals surface area (Å²) in [6, 6.07) is 18.3.